The second-order valence-electron chi connectivity index (χ2n) is 4.88. The van der Waals surface area contributed by atoms with Crippen LogP contribution in [0.25, 0.3) is 0 Å². The summed E-state index contributed by atoms with van der Waals surface area (Å²) >= 11 is 5.96. The maximum atomic E-state index is 12.6. The third-order valence-electron chi connectivity index (χ3n) is 3.49. The Kier molecular flexibility index (Phi) is 4.75. The van der Waals surface area contributed by atoms with Crippen molar-refractivity contribution in [1.82, 2.24) is 4.98 Å². The molecule has 0 saturated carbocycles. The first-order valence-electron chi connectivity index (χ1n) is 6.53. The van der Waals surface area contributed by atoms with Crippen molar-refractivity contribution in [3.8, 4) is 0 Å². The predicted octanol–water partition coefficient (Wildman–Crippen LogP) is 3.50. The van der Waals surface area contributed by atoms with E-state index < -0.39 is 11.7 Å². The number of aromatic nitrogens is 1. The van der Waals surface area contributed by atoms with Gasteiger partial charge in [0.05, 0.1) is 10.6 Å². The fourth-order valence-electron chi connectivity index (χ4n) is 2.54. The first-order chi connectivity index (χ1) is 9.43. The van der Waals surface area contributed by atoms with E-state index >= 15 is 0 Å². The third kappa shape index (κ3) is 3.35. The Morgan fingerprint density at radius 1 is 1.45 bits per heavy atom. The van der Waals surface area contributed by atoms with Crippen molar-refractivity contribution >= 4 is 17.4 Å². The van der Waals surface area contributed by atoms with E-state index in [1.54, 1.807) is 0 Å². The van der Waals surface area contributed by atoms with Crippen LogP contribution in [0.5, 0.6) is 0 Å². The van der Waals surface area contributed by atoms with Crippen LogP contribution in [0.2, 0.25) is 5.02 Å². The maximum Gasteiger partial charge on any atom is 0.417 e. The lowest BCUT2D eigenvalue weighted by atomic mass is 10.1. The monoisotopic (exact) mass is 308 g/mol. The van der Waals surface area contributed by atoms with E-state index in [0.717, 1.165) is 38.1 Å². The summed E-state index contributed by atoms with van der Waals surface area (Å²) in [6.45, 7) is 0.840. The summed E-state index contributed by atoms with van der Waals surface area (Å²) in [5.74, 6) is 0.403. The lowest BCUT2D eigenvalue weighted by molar-refractivity contribution is -0.137. The molecule has 112 valence electrons. The Morgan fingerprint density at radius 2 is 2.20 bits per heavy atom. The molecule has 1 saturated heterocycles. The summed E-state index contributed by atoms with van der Waals surface area (Å²) in [7, 11) is 0. The van der Waals surface area contributed by atoms with Gasteiger partial charge in [-0.1, -0.05) is 11.6 Å². The number of hydrogen-bond donors (Lipinski definition) is 1. The molecule has 1 aromatic heterocycles. The molecule has 0 radical (unpaired) electrons. The van der Waals surface area contributed by atoms with E-state index in [4.69, 9.17) is 16.7 Å². The molecule has 1 aliphatic rings. The molecule has 0 bridgehead atoms. The van der Waals surface area contributed by atoms with E-state index in [0.29, 0.717) is 12.2 Å². The van der Waals surface area contributed by atoms with Crippen LogP contribution in [-0.4, -0.2) is 29.3 Å². The molecule has 1 N–H and O–H groups in total. The smallest absolute Gasteiger partial charge is 0.396 e. The van der Waals surface area contributed by atoms with Crippen LogP contribution in [0.1, 0.15) is 31.2 Å². The Bertz CT molecular complexity index is 467. The summed E-state index contributed by atoms with van der Waals surface area (Å²) in [6, 6.07) is 1.11. The van der Waals surface area contributed by atoms with Gasteiger partial charge in [-0.15, -0.1) is 0 Å². The molecular weight excluding hydrogens is 293 g/mol. The normalized spacial score (nSPS) is 19.6. The van der Waals surface area contributed by atoms with Gasteiger partial charge < -0.3 is 10.0 Å². The van der Waals surface area contributed by atoms with Crippen molar-refractivity contribution < 1.29 is 18.3 Å². The zero-order valence-electron chi connectivity index (χ0n) is 10.8. The molecule has 0 aliphatic carbocycles. The number of alkyl halides is 3. The highest BCUT2D eigenvalue weighted by Crippen LogP contribution is 2.36. The van der Waals surface area contributed by atoms with Gasteiger partial charge in [0, 0.05) is 25.4 Å². The zero-order chi connectivity index (χ0) is 14.8. The molecule has 3 nitrogen and oxygen atoms in total. The number of aliphatic hydroxyl groups is 1. The molecule has 2 rings (SSSR count). The van der Waals surface area contributed by atoms with Gasteiger partial charge in [-0.05, 0) is 31.7 Å². The molecular formula is C13H16ClF3N2O. The molecule has 20 heavy (non-hydrogen) atoms. The Hall–Kier alpha value is -1.01. The minimum atomic E-state index is -4.43. The molecule has 2 heterocycles. The molecule has 1 atom stereocenters. The highest BCUT2D eigenvalue weighted by molar-refractivity contribution is 6.33. The molecule has 7 heteroatoms. The SMILES string of the molecule is OCCCC1CCCN1c1ncc(C(F)(F)F)cc1Cl. The van der Waals surface area contributed by atoms with Crippen LogP contribution in [-0.2, 0) is 6.18 Å². The standard InChI is InChI=1S/C13H16ClF3N2O/c14-11-7-9(13(15,16)17)8-18-12(11)19-5-1-3-10(19)4-2-6-20/h7-8,10,20H,1-6H2. The van der Waals surface area contributed by atoms with Gasteiger partial charge in [-0.25, -0.2) is 4.98 Å². The fraction of sp³-hybridized carbons (Fsp3) is 0.615. The van der Waals surface area contributed by atoms with Crippen LogP contribution in [0.4, 0.5) is 19.0 Å². The van der Waals surface area contributed by atoms with Gasteiger partial charge in [0.15, 0.2) is 0 Å². The van der Waals surface area contributed by atoms with E-state index in [-0.39, 0.29) is 17.7 Å². The molecule has 1 aromatic rings. The minimum Gasteiger partial charge on any atom is -0.396 e. The summed E-state index contributed by atoms with van der Waals surface area (Å²) in [5, 5.41) is 8.90. The van der Waals surface area contributed by atoms with Crippen LogP contribution < -0.4 is 4.90 Å². The predicted molar refractivity (Wildman–Crippen MR) is 70.9 cm³/mol. The minimum absolute atomic E-state index is 0.0238. The van der Waals surface area contributed by atoms with Crippen molar-refractivity contribution in [3.63, 3.8) is 0 Å². The molecule has 1 fully saturated rings. The lowest BCUT2D eigenvalue weighted by Gasteiger charge is -2.26. The number of rotatable bonds is 4. The number of halogens is 4. The lowest BCUT2D eigenvalue weighted by Crippen LogP contribution is -2.30. The van der Waals surface area contributed by atoms with Gasteiger partial charge in [0.25, 0.3) is 0 Å². The van der Waals surface area contributed by atoms with Crippen LogP contribution in [0.15, 0.2) is 12.3 Å². The number of hydrogen-bond acceptors (Lipinski definition) is 3. The average Bonchev–Trinajstić information content (AvgIpc) is 2.83. The van der Waals surface area contributed by atoms with Crippen molar-refractivity contribution in [3.05, 3.63) is 22.8 Å². The van der Waals surface area contributed by atoms with Gasteiger partial charge in [0.1, 0.15) is 5.82 Å². The number of anilines is 1. The number of nitrogens with zero attached hydrogens (tertiary/aromatic N) is 2. The highest BCUT2D eigenvalue weighted by atomic mass is 35.5. The third-order valence-corrected chi connectivity index (χ3v) is 3.77. The fourth-order valence-corrected chi connectivity index (χ4v) is 2.81. The summed E-state index contributed by atoms with van der Waals surface area (Å²) in [6.07, 6.45) is -0.262. The van der Waals surface area contributed by atoms with Crippen LogP contribution in [0.3, 0.4) is 0 Å². The maximum absolute atomic E-state index is 12.6. The van der Waals surface area contributed by atoms with E-state index in [1.807, 2.05) is 4.90 Å². The molecule has 0 aromatic carbocycles. The topological polar surface area (TPSA) is 36.4 Å². The second-order valence-corrected chi connectivity index (χ2v) is 5.29. The molecule has 0 amide bonds. The molecule has 1 unspecified atom stereocenters. The van der Waals surface area contributed by atoms with Crippen molar-refractivity contribution in [2.45, 2.75) is 37.9 Å². The number of pyridine rings is 1. The Morgan fingerprint density at radius 3 is 2.80 bits per heavy atom. The largest absolute Gasteiger partial charge is 0.417 e. The second kappa shape index (κ2) is 6.18. The average molecular weight is 309 g/mol. The van der Waals surface area contributed by atoms with Crippen molar-refractivity contribution in [2.75, 3.05) is 18.1 Å². The first kappa shape index (κ1) is 15.4. The van der Waals surface area contributed by atoms with Crippen LogP contribution >= 0.6 is 11.6 Å². The first-order valence-corrected chi connectivity index (χ1v) is 6.91. The Balaban J connectivity index is 2.20. The van der Waals surface area contributed by atoms with Gasteiger partial charge in [-0.3, -0.25) is 0 Å². The van der Waals surface area contributed by atoms with Gasteiger partial charge in [-0.2, -0.15) is 13.2 Å². The quantitative estimate of drug-likeness (QED) is 0.925. The van der Waals surface area contributed by atoms with Crippen LogP contribution in [0, 0.1) is 0 Å². The van der Waals surface area contributed by atoms with E-state index in [1.165, 1.54) is 0 Å². The van der Waals surface area contributed by atoms with Gasteiger partial charge >= 0.3 is 6.18 Å². The van der Waals surface area contributed by atoms with Crippen molar-refractivity contribution in [2.24, 2.45) is 0 Å². The van der Waals surface area contributed by atoms with E-state index in [9.17, 15) is 13.2 Å². The van der Waals surface area contributed by atoms with Gasteiger partial charge in [0.2, 0.25) is 0 Å². The summed E-state index contributed by atoms with van der Waals surface area (Å²) < 4.78 is 37.7. The summed E-state index contributed by atoms with van der Waals surface area (Å²) in [5.41, 5.74) is -0.836. The van der Waals surface area contributed by atoms with E-state index in [2.05, 4.69) is 4.98 Å². The Labute approximate surface area is 120 Å². The van der Waals surface area contributed by atoms with Crippen molar-refractivity contribution in [1.29, 1.82) is 0 Å². The summed E-state index contributed by atoms with van der Waals surface area (Å²) in [4.78, 5) is 5.84. The molecule has 1 aliphatic heterocycles. The molecule has 0 spiro atoms. The highest BCUT2D eigenvalue weighted by Gasteiger charge is 2.33. The number of aliphatic hydroxyl groups excluding tert-OH is 1. The zero-order valence-corrected chi connectivity index (χ0v) is 11.6.